The average Bonchev–Trinajstić information content (AvgIpc) is 2.39. The van der Waals surface area contributed by atoms with Crippen molar-refractivity contribution < 1.29 is 0 Å². The van der Waals surface area contributed by atoms with Gasteiger partial charge in [0.1, 0.15) is 0 Å². The first-order valence-electron chi connectivity index (χ1n) is 6.66. The van der Waals surface area contributed by atoms with Crippen LogP contribution in [-0.2, 0) is 0 Å². The molecule has 1 aliphatic rings. The Balaban J connectivity index is 1.91. The molecule has 19 heavy (non-hydrogen) atoms. The quantitative estimate of drug-likeness (QED) is 0.572. The fraction of sp³-hybridized carbons (Fsp3) is 0.400. The van der Waals surface area contributed by atoms with Crippen LogP contribution in [0.5, 0.6) is 0 Å². The second-order valence-electron chi connectivity index (χ2n) is 4.96. The monoisotopic (exact) mass is 277 g/mol. The van der Waals surface area contributed by atoms with Gasteiger partial charge in [-0.1, -0.05) is 29.8 Å². The molecule has 4 heteroatoms. The number of halogens is 1. The van der Waals surface area contributed by atoms with E-state index < -0.39 is 0 Å². The first-order chi connectivity index (χ1) is 9.15. The maximum absolute atomic E-state index is 7.24. The highest BCUT2D eigenvalue weighted by atomic mass is 35.5. The molecule has 1 heterocycles. The van der Waals surface area contributed by atoms with Gasteiger partial charge in [0, 0.05) is 24.0 Å². The summed E-state index contributed by atoms with van der Waals surface area (Å²) in [5, 5.41) is 11.5. The van der Waals surface area contributed by atoms with Gasteiger partial charge in [-0.2, -0.15) is 0 Å². The topological polar surface area (TPSA) is 61.9 Å². The Labute approximate surface area is 119 Å². The van der Waals surface area contributed by atoms with Crippen molar-refractivity contribution in [3.05, 3.63) is 40.9 Å². The van der Waals surface area contributed by atoms with E-state index in [9.17, 15) is 0 Å². The molecule has 102 valence electrons. The zero-order valence-corrected chi connectivity index (χ0v) is 11.7. The molecule has 1 aromatic carbocycles. The Bertz CT molecular complexity index is 465. The average molecular weight is 278 g/mol. The van der Waals surface area contributed by atoms with Gasteiger partial charge in [-0.15, -0.1) is 0 Å². The van der Waals surface area contributed by atoms with Gasteiger partial charge in [-0.05, 0) is 42.5 Å². The van der Waals surface area contributed by atoms with Gasteiger partial charge in [0.05, 0.1) is 5.84 Å². The minimum absolute atomic E-state index is 0.282. The van der Waals surface area contributed by atoms with E-state index in [1.807, 2.05) is 12.1 Å². The number of hydrogen-bond donors (Lipinski definition) is 3. The molecule has 3 nitrogen and oxygen atoms in total. The van der Waals surface area contributed by atoms with Crippen LogP contribution in [0.1, 0.15) is 31.2 Å². The van der Waals surface area contributed by atoms with Gasteiger partial charge >= 0.3 is 0 Å². The van der Waals surface area contributed by atoms with E-state index in [4.69, 9.17) is 22.7 Å². The zero-order valence-electron chi connectivity index (χ0n) is 11.0. The minimum Gasteiger partial charge on any atom is -0.388 e. The summed E-state index contributed by atoms with van der Waals surface area (Å²) in [5.41, 5.74) is 8.01. The number of nitrogens with two attached hydrogens (primary N) is 1. The molecule has 0 bridgehead atoms. The van der Waals surface area contributed by atoms with Crippen molar-refractivity contribution in [3.8, 4) is 0 Å². The molecule has 1 atom stereocenters. The lowest BCUT2D eigenvalue weighted by Gasteiger charge is -2.24. The van der Waals surface area contributed by atoms with Crippen LogP contribution in [-0.4, -0.2) is 18.4 Å². The van der Waals surface area contributed by atoms with E-state index in [-0.39, 0.29) is 5.84 Å². The molecular weight excluding hydrogens is 258 g/mol. The fourth-order valence-electron chi connectivity index (χ4n) is 2.41. The van der Waals surface area contributed by atoms with E-state index >= 15 is 0 Å². The highest BCUT2D eigenvalue weighted by Gasteiger charge is 2.15. The highest BCUT2D eigenvalue weighted by molar-refractivity contribution is 6.30. The van der Waals surface area contributed by atoms with Crippen molar-refractivity contribution in [1.82, 2.24) is 5.32 Å². The Kier molecular flexibility index (Phi) is 5.00. The van der Waals surface area contributed by atoms with Crippen molar-refractivity contribution in [3.63, 3.8) is 0 Å². The van der Waals surface area contributed by atoms with Gasteiger partial charge < -0.3 is 11.1 Å². The molecule has 2 rings (SSSR count). The first-order valence-corrected chi connectivity index (χ1v) is 7.04. The van der Waals surface area contributed by atoms with Crippen LogP contribution >= 0.6 is 11.6 Å². The molecule has 1 aliphatic heterocycles. The molecular formula is C15H20ClN3. The van der Waals surface area contributed by atoms with Crippen molar-refractivity contribution in [2.24, 2.45) is 5.73 Å². The fourth-order valence-corrected chi connectivity index (χ4v) is 2.54. The third kappa shape index (κ3) is 4.37. The molecule has 0 saturated carbocycles. The number of amidine groups is 1. The second-order valence-corrected chi connectivity index (χ2v) is 5.40. The first kappa shape index (κ1) is 14.1. The van der Waals surface area contributed by atoms with Crippen LogP contribution in [0.3, 0.4) is 0 Å². The lowest BCUT2D eigenvalue weighted by molar-refractivity contribution is 0.489. The van der Waals surface area contributed by atoms with Crippen molar-refractivity contribution in [2.45, 2.75) is 31.7 Å². The predicted molar refractivity (Wildman–Crippen MR) is 81.6 cm³/mol. The van der Waals surface area contributed by atoms with E-state index in [0.29, 0.717) is 12.5 Å². The van der Waals surface area contributed by atoms with Crippen LogP contribution < -0.4 is 11.1 Å². The lowest BCUT2D eigenvalue weighted by Crippen LogP contribution is -2.33. The summed E-state index contributed by atoms with van der Waals surface area (Å²) in [6, 6.07) is 8.50. The standard InChI is InChI=1S/C15H20ClN3/c16-13-6-4-11(5-7-13)12-8-9-19-14(10-12)2-1-3-15(17)18/h4-8,14,19H,1-3,9-10H2,(H3,17,18). The van der Waals surface area contributed by atoms with Gasteiger partial charge in [0.2, 0.25) is 0 Å². The van der Waals surface area contributed by atoms with Crippen LogP contribution in [0.2, 0.25) is 5.02 Å². The zero-order chi connectivity index (χ0) is 13.7. The number of rotatable bonds is 5. The summed E-state index contributed by atoms with van der Waals surface area (Å²) in [7, 11) is 0. The maximum atomic E-state index is 7.24. The molecule has 0 spiro atoms. The minimum atomic E-state index is 0.282. The van der Waals surface area contributed by atoms with Crippen LogP contribution in [0.25, 0.3) is 5.57 Å². The number of benzene rings is 1. The molecule has 0 amide bonds. The summed E-state index contributed by atoms with van der Waals surface area (Å²) in [6.45, 7) is 0.905. The third-order valence-corrected chi connectivity index (χ3v) is 3.69. The van der Waals surface area contributed by atoms with E-state index in [2.05, 4.69) is 23.5 Å². The summed E-state index contributed by atoms with van der Waals surface area (Å²) in [4.78, 5) is 0. The Morgan fingerprint density at radius 1 is 1.37 bits per heavy atom. The molecule has 0 aliphatic carbocycles. The van der Waals surface area contributed by atoms with Crippen molar-refractivity contribution in [2.75, 3.05) is 6.54 Å². The molecule has 0 saturated heterocycles. The molecule has 0 fully saturated rings. The summed E-state index contributed by atoms with van der Waals surface area (Å²) >= 11 is 5.91. The molecule has 0 aromatic heterocycles. The Morgan fingerprint density at radius 2 is 2.11 bits per heavy atom. The normalized spacial score (nSPS) is 19.0. The van der Waals surface area contributed by atoms with Crippen LogP contribution in [0.15, 0.2) is 30.3 Å². The number of nitrogens with one attached hydrogen (secondary N) is 2. The van der Waals surface area contributed by atoms with E-state index in [0.717, 1.165) is 30.8 Å². The highest BCUT2D eigenvalue weighted by Crippen LogP contribution is 2.25. The largest absolute Gasteiger partial charge is 0.388 e. The molecule has 0 radical (unpaired) electrons. The summed E-state index contributed by atoms with van der Waals surface area (Å²) < 4.78 is 0. The van der Waals surface area contributed by atoms with Gasteiger partial charge in [-0.3, -0.25) is 5.41 Å². The van der Waals surface area contributed by atoms with Crippen LogP contribution in [0, 0.1) is 5.41 Å². The van der Waals surface area contributed by atoms with Gasteiger partial charge in [-0.25, -0.2) is 0 Å². The van der Waals surface area contributed by atoms with E-state index in [1.54, 1.807) is 0 Å². The maximum Gasteiger partial charge on any atom is 0.0905 e. The van der Waals surface area contributed by atoms with Crippen molar-refractivity contribution >= 4 is 23.0 Å². The SMILES string of the molecule is N=C(N)CCCC1CC(c2ccc(Cl)cc2)=CCN1. The second kappa shape index (κ2) is 6.73. The van der Waals surface area contributed by atoms with Crippen molar-refractivity contribution in [1.29, 1.82) is 5.41 Å². The number of hydrogen-bond acceptors (Lipinski definition) is 2. The summed E-state index contributed by atoms with van der Waals surface area (Å²) in [5.74, 6) is 0.282. The van der Waals surface area contributed by atoms with E-state index in [1.165, 1.54) is 11.1 Å². The molecule has 4 N–H and O–H groups in total. The van der Waals surface area contributed by atoms with Crippen LogP contribution in [0.4, 0.5) is 0 Å². The predicted octanol–water partition coefficient (Wildman–Crippen LogP) is 3.19. The Morgan fingerprint density at radius 3 is 2.79 bits per heavy atom. The molecule has 1 unspecified atom stereocenters. The lowest BCUT2D eigenvalue weighted by atomic mass is 9.93. The van der Waals surface area contributed by atoms with Gasteiger partial charge in [0.25, 0.3) is 0 Å². The summed E-state index contributed by atoms with van der Waals surface area (Å²) in [6.07, 6.45) is 5.99. The Hall–Kier alpha value is -1.32. The molecule has 1 aromatic rings. The third-order valence-electron chi connectivity index (χ3n) is 3.44. The smallest absolute Gasteiger partial charge is 0.0905 e. The van der Waals surface area contributed by atoms with Gasteiger partial charge in [0.15, 0.2) is 0 Å².